The lowest BCUT2D eigenvalue weighted by Crippen LogP contribution is -2.64. The normalized spacial score (nSPS) is 20.2. The van der Waals surface area contributed by atoms with Gasteiger partial charge in [-0.1, -0.05) is 12.1 Å². The number of fused-ring (bicyclic) bond motifs is 2. The molecule has 0 spiro atoms. The summed E-state index contributed by atoms with van der Waals surface area (Å²) >= 11 is -0.0163. The first-order valence-corrected chi connectivity index (χ1v) is 13.2. The van der Waals surface area contributed by atoms with E-state index in [4.69, 9.17) is 4.74 Å². The van der Waals surface area contributed by atoms with Gasteiger partial charge in [0.15, 0.2) is 16.5 Å². The third-order valence-electron chi connectivity index (χ3n) is 6.54. The van der Waals surface area contributed by atoms with Crippen LogP contribution in [0.5, 0.6) is 11.5 Å². The highest BCUT2D eigenvalue weighted by Gasteiger charge is 2.38. The summed E-state index contributed by atoms with van der Waals surface area (Å²) in [4.78, 5) is 36.8. The molecule has 0 bridgehead atoms. The van der Waals surface area contributed by atoms with Crippen molar-refractivity contribution in [3.05, 3.63) is 64.6 Å². The van der Waals surface area contributed by atoms with Crippen LogP contribution in [-0.4, -0.2) is 81.4 Å². The number of carbonyl (C=O) groups is 2. The highest BCUT2D eigenvalue weighted by molar-refractivity contribution is 7.91. The van der Waals surface area contributed by atoms with E-state index in [1.807, 2.05) is 27.3 Å². The number of rotatable bonds is 3. The molecular weight excluding hydrogens is 472 g/mol. The van der Waals surface area contributed by atoms with Crippen molar-refractivity contribution in [3.63, 3.8) is 0 Å². The Hall–Kier alpha value is -2.92. The number of amides is 2. The van der Waals surface area contributed by atoms with Gasteiger partial charge in [0.2, 0.25) is 9.79 Å². The van der Waals surface area contributed by atoms with Crippen molar-refractivity contribution < 1.29 is 18.9 Å². The first kappa shape index (κ1) is 21.6. The Bertz CT molecular complexity index is 1240. The van der Waals surface area contributed by atoms with Gasteiger partial charge in [0.05, 0.1) is 0 Å². The summed E-state index contributed by atoms with van der Waals surface area (Å²) < 4.78 is 18.9. The molecule has 1 unspecified atom stereocenters. The first-order chi connectivity index (χ1) is 16.6. The summed E-state index contributed by atoms with van der Waals surface area (Å²) in [5.41, 5.74) is 0.521. The Kier molecular flexibility index (Phi) is 5.53. The zero-order valence-electron chi connectivity index (χ0n) is 18.3. The molecule has 1 aromatic heterocycles. The number of hydrogen-bond acceptors (Lipinski definition) is 7. The molecule has 10 heteroatoms. The molecule has 174 valence electrons. The number of ether oxygens (including phenoxy) is 1. The lowest BCUT2D eigenvalue weighted by Gasteiger charge is -2.48. The van der Waals surface area contributed by atoms with Gasteiger partial charge in [-0.2, -0.15) is 0 Å². The zero-order valence-corrected chi connectivity index (χ0v) is 19.9. The van der Waals surface area contributed by atoms with E-state index in [0.29, 0.717) is 64.1 Å². The largest absolute Gasteiger partial charge is 0.606 e. The topological polar surface area (TPSA) is 89.0 Å². The second-order valence-electron chi connectivity index (χ2n) is 8.51. The fraction of sp³-hybridized carbons (Fsp3) is 0.292. The third-order valence-corrected chi connectivity index (χ3v) is 8.76. The van der Waals surface area contributed by atoms with Crippen LogP contribution in [0.2, 0.25) is 0 Å². The van der Waals surface area contributed by atoms with Crippen LogP contribution >= 0.6 is 11.3 Å². The second kappa shape index (κ2) is 8.70. The summed E-state index contributed by atoms with van der Waals surface area (Å²) in [5, 5.41) is 2.35. The van der Waals surface area contributed by atoms with E-state index in [1.54, 1.807) is 36.5 Å². The molecule has 4 heterocycles. The summed E-state index contributed by atoms with van der Waals surface area (Å²) in [6.45, 7) is 4.22. The van der Waals surface area contributed by atoms with Crippen LogP contribution in [0.4, 0.5) is 0 Å². The second-order valence-corrected chi connectivity index (χ2v) is 10.8. The summed E-state index contributed by atoms with van der Waals surface area (Å²) in [6, 6.07) is 12.7. The molecule has 6 rings (SSSR count). The standard InChI is InChI=1S/C24H22N4O4S2/c29-23(16-5-6-19-21(13-16)34(31)20-4-2-1-3-18(20)32-19)28-14-17(15-28)26-8-10-27(11-9-26)24(30)22-25-7-12-33-22/h1-7,12-13,17H,8-11,14-15H2. The van der Waals surface area contributed by atoms with Gasteiger partial charge in [-0.05, 0) is 24.3 Å². The van der Waals surface area contributed by atoms with E-state index >= 15 is 0 Å². The van der Waals surface area contributed by atoms with E-state index < -0.39 is 11.2 Å². The highest BCUT2D eigenvalue weighted by atomic mass is 32.2. The Morgan fingerprint density at radius 2 is 1.74 bits per heavy atom. The van der Waals surface area contributed by atoms with Gasteiger partial charge in [-0.25, -0.2) is 4.98 Å². The van der Waals surface area contributed by atoms with Crippen LogP contribution in [0, 0.1) is 0 Å². The fourth-order valence-corrected chi connectivity index (χ4v) is 6.44. The molecule has 0 saturated carbocycles. The van der Waals surface area contributed by atoms with E-state index in [-0.39, 0.29) is 11.8 Å². The number of hydrogen-bond donors (Lipinski definition) is 0. The number of carbonyl (C=O) groups excluding carboxylic acids is 2. The number of thiazole rings is 1. The third kappa shape index (κ3) is 3.76. The number of aromatic nitrogens is 1. The van der Waals surface area contributed by atoms with Crippen LogP contribution in [0.1, 0.15) is 20.2 Å². The molecule has 1 atom stereocenters. The van der Waals surface area contributed by atoms with Gasteiger partial charge in [0.1, 0.15) is 0 Å². The van der Waals surface area contributed by atoms with E-state index in [2.05, 4.69) is 9.88 Å². The van der Waals surface area contributed by atoms with Gasteiger partial charge >= 0.3 is 0 Å². The van der Waals surface area contributed by atoms with Crippen LogP contribution in [-0.2, 0) is 11.2 Å². The lowest BCUT2D eigenvalue weighted by atomic mass is 10.0. The van der Waals surface area contributed by atoms with Crippen molar-refractivity contribution in [2.75, 3.05) is 39.3 Å². The minimum absolute atomic E-state index is 0.00327. The molecule has 34 heavy (non-hydrogen) atoms. The Morgan fingerprint density at radius 1 is 0.971 bits per heavy atom. The SMILES string of the molecule is O=C(c1ccc2c(c1)[S+]([O-])c1ccccc1O2)N1CC(N2CCN(C(=O)c3nccs3)CC2)C1. The van der Waals surface area contributed by atoms with E-state index in [1.165, 1.54) is 11.3 Å². The van der Waals surface area contributed by atoms with Crippen LogP contribution in [0.25, 0.3) is 0 Å². The van der Waals surface area contributed by atoms with E-state index in [0.717, 1.165) is 13.1 Å². The monoisotopic (exact) mass is 494 g/mol. The average molecular weight is 495 g/mol. The molecule has 0 radical (unpaired) electrons. The van der Waals surface area contributed by atoms with Gasteiger partial charge in [-0.3, -0.25) is 14.5 Å². The lowest BCUT2D eigenvalue weighted by molar-refractivity contribution is 0.00852. The van der Waals surface area contributed by atoms with Gasteiger partial charge in [0.25, 0.3) is 11.8 Å². The fourth-order valence-electron chi connectivity index (χ4n) is 4.58. The van der Waals surface area contributed by atoms with Crippen molar-refractivity contribution in [3.8, 4) is 11.5 Å². The van der Waals surface area contributed by atoms with Crippen molar-refractivity contribution in [1.29, 1.82) is 0 Å². The quantitative estimate of drug-likeness (QED) is 0.520. The van der Waals surface area contributed by atoms with E-state index in [9.17, 15) is 14.1 Å². The molecule has 2 fully saturated rings. The predicted molar refractivity (Wildman–Crippen MR) is 127 cm³/mol. The average Bonchev–Trinajstić information content (AvgIpc) is 3.38. The number of nitrogens with zero attached hydrogens (tertiary/aromatic N) is 4. The first-order valence-electron chi connectivity index (χ1n) is 11.1. The number of benzene rings is 2. The molecule has 0 N–H and O–H groups in total. The number of likely N-dealkylation sites (tertiary alicyclic amines) is 1. The molecule has 2 aromatic carbocycles. The Balaban J connectivity index is 1.06. The summed E-state index contributed by atoms with van der Waals surface area (Å²) in [7, 11) is 0. The minimum Gasteiger partial charge on any atom is -0.606 e. The van der Waals surface area contributed by atoms with Gasteiger partial charge in [-0.15, -0.1) is 11.3 Å². The van der Waals surface area contributed by atoms with Crippen LogP contribution < -0.4 is 4.74 Å². The zero-order chi connectivity index (χ0) is 23.2. The molecule has 3 aliphatic rings. The molecule has 2 amide bonds. The molecule has 3 aliphatic heterocycles. The van der Waals surface area contributed by atoms with Crippen molar-refractivity contribution in [2.45, 2.75) is 15.8 Å². The Labute approximate surface area is 203 Å². The molecule has 3 aromatic rings. The molecule has 8 nitrogen and oxygen atoms in total. The van der Waals surface area contributed by atoms with Gasteiger partial charge < -0.3 is 19.1 Å². The number of piperazine rings is 1. The molecular formula is C24H22N4O4S2. The molecule has 2 saturated heterocycles. The maximum absolute atomic E-state index is 13.1. The maximum atomic E-state index is 13.1. The van der Waals surface area contributed by atoms with Crippen molar-refractivity contribution >= 4 is 34.3 Å². The van der Waals surface area contributed by atoms with Gasteiger partial charge in [0, 0.05) is 79.7 Å². The van der Waals surface area contributed by atoms with Crippen LogP contribution in [0.15, 0.2) is 63.8 Å². The van der Waals surface area contributed by atoms with Crippen molar-refractivity contribution in [1.82, 2.24) is 19.7 Å². The number of para-hydroxylation sites is 1. The van der Waals surface area contributed by atoms with Crippen LogP contribution in [0.3, 0.4) is 0 Å². The predicted octanol–water partition coefficient (Wildman–Crippen LogP) is 2.70. The molecule has 0 aliphatic carbocycles. The Morgan fingerprint density at radius 3 is 2.50 bits per heavy atom. The summed E-state index contributed by atoms with van der Waals surface area (Å²) in [5.74, 6) is 1.05. The smallest absolute Gasteiger partial charge is 0.282 e. The maximum Gasteiger partial charge on any atom is 0.282 e. The highest BCUT2D eigenvalue weighted by Crippen LogP contribution is 2.42. The van der Waals surface area contributed by atoms with Crippen molar-refractivity contribution in [2.24, 2.45) is 0 Å². The summed E-state index contributed by atoms with van der Waals surface area (Å²) in [6.07, 6.45) is 1.65. The minimum atomic E-state index is -1.38.